The Morgan fingerprint density at radius 1 is 1.12 bits per heavy atom. The number of anilines is 2. The average molecular weight is 366 g/mol. The first-order chi connectivity index (χ1) is 11.4. The van der Waals surface area contributed by atoms with Crippen LogP contribution < -0.4 is 10.6 Å². The van der Waals surface area contributed by atoms with E-state index in [1.807, 2.05) is 12.1 Å². The Kier molecular flexibility index (Phi) is 4.73. The van der Waals surface area contributed by atoms with E-state index in [1.165, 1.54) is 0 Å². The van der Waals surface area contributed by atoms with Crippen LogP contribution in [0.2, 0.25) is 5.02 Å². The van der Waals surface area contributed by atoms with Gasteiger partial charge in [-0.25, -0.2) is 13.4 Å². The number of sulfone groups is 1. The maximum atomic E-state index is 12.1. The number of benzene rings is 1. The smallest absolute Gasteiger partial charge is 0.270 e. The number of halogens is 1. The van der Waals surface area contributed by atoms with Crippen LogP contribution in [0.1, 0.15) is 16.9 Å². The quantitative estimate of drug-likeness (QED) is 0.868. The molecule has 8 heteroatoms. The van der Waals surface area contributed by atoms with E-state index < -0.39 is 9.84 Å². The van der Waals surface area contributed by atoms with Gasteiger partial charge in [-0.2, -0.15) is 0 Å². The number of amides is 1. The number of carbonyl (C=O) groups excluding carboxylic acids is 1. The van der Waals surface area contributed by atoms with Gasteiger partial charge >= 0.3 is 0 Å². The zero-order valence-corrected chi connectivity index (χ0v) is 14.3. The van der Waals surface area contributed by atoms with E-state index in [0.29, 0.717) is 11.4 Å². The van der Waals surface area contributed by atoms with E-state index in [1.54, 1.807) is 30.5 Å². The number of hydrogen-bond acceptors (Lipinski definition) is 5. The fraction of sp³-hybridized carbons (Fsp3) is 0.250. The molecule has 0 bridgehead atoms. The van der Waals surface area contributed by atoms with Gasteiger partial charge in [0.1, 0.15) is 5.69 Å². The van der Waals surface area contributed by atoms with Crippen LogP contribution >= 0.6 is 11.6 Å². The summed E-state index contributed by atoms with van der Waals surface area (Å²) in [6.07, 6.45) is 2.00. The Morgan fingerprint density at radius 3 is 2.42 bits per heavy atom. The van der Waals surface area contributed by atoms with Crippen molar-refractivity contribution in [3.05, 3.63) is 53.3 Å². The minimum Gasteiger partial charge on any atom is -0.354 e. The van der Waals surface area contributed by atoms with Crippen LogP contribution in [-0.4, -0.2) is 36.9 Å². The highest BCUT2D eigenvalue weighted by Crippen LogP contribution is 2.18. The van der Waals surface area contributed by atoms with Crippen molar-refractivity contribution in [3.8, 4) is 0 Å². The van der Waals surface area contributed by atoms with E-state index in [-0.39, 0.29) is 29.1 Å². The third-order valence-corrected chi connectivity index (χ3v) is 5.72. The summed E-state index contributed by atoms with van der Waals surface area (Å²) in [5.74, 6) is -0.250. The fourth-order valence-electron chi connectivity index (χ4n) is 2.47. The van der Waals surface area contributed by atoms with E-state index in [0.717, 1.165) is 11.4 Å². The van der Waals surface area contributed by atoms with Crippen LogP contribution in [0.3, 0.4) is 0 Å². The molecule has 1 aromatic carbocycles. The van der Waals surface area contributed by atoms with Gasteiger partial charge in [-0.15, -0.1) is 0 Å². The molecule has 0 spiro atoms. The lowest BCUT2D eigenvalue weighted by molar-refractivity contribution is 0.0936. The Morgan fingerprint density at radius 2 is 1.83 bits per heavy atom. The molecule has 24 heavy (non-hydrogen) atoms. The third kappa shape index (κ3) is 4.24. The molecule has 0 saturated carbocycles. The SMILES string of the molecule is O=C(NC1CCS(=O)(=O)C1)c1ccc(Nc2ccc(Cl)cc2)cn1. The molecular weight excluding hydrogens is 350 g/mol. The molecule has 1 aliphatic heterocycles. The number of rotatable bonds is 4. The molecule has 0 radical (unpaired) electrons. The van der Waals surface area contributed by atoms with Gasteiger partial charge < -0.3 is 10.6 Å². The third-order valence-electron chi connectivity index (χ3n) is 3.70. The number of carbonyl (C=O) groups is 1. The van der Waals surface area contributed by atoms with Crippen molar-refractivity contribution in [3.63, 3.8) is 0 Å². The average Bonchev–Trinajstić information content (AvgIpc) is 2.89. The molecule has 2 N–H and O–H groups in total. The van der Waals surface area contributed by atoms with Gasteiger partial charge in [0.25, 0.3) is 5.91 Å². The van der Waals surface area contributed by atoms with E-state index >= 15 is 0 Å². The lowest BCUT2D eigenvalue weighted by atomic mass is 10.2. The number of hydrogen-bond donors (Lipinski definition) is 2. The summed E-state index contributed by atoms with van der Waals surface area (Å²) in [7, 11) is -3.02. The largest absolute Gasteiger partial charge is 0.354 e. The van der Waals surface area contributed by atoms with Gasteiger partial charge in [-0.1, -0.05) is 11.6 Å². The molecule has 1 unspecified atom stereocenters. The summed E-state index contributed by atoms with van der Waals surface area (Å²) in [6, 6.07) is 10.2. The first-order valence-electron chi connectivity index (χ1n) is 7.41. The van der Waals surface area contributed by atoms with Gasteiger partial charge in [0.15, 0.2) is 9.84 Å². The Balaban J connectivity index is 1.61. The summed E-state index contributed by atoms with van der Waals surface area (Å²) >= 11 is 5.84. The second-order valence-corrected chi connectivity index (χ2v) is 8.30. The van der Waals surface area contributed by atoms with E-state index in [9.17, 15) is 13.2 Å². The van der Waals surface area contributed by atoms with Crippen LogP contribution in [0.5, 0.6) is 0 Å². The predicted molar refractivity (Wildman–Crippen MR) is 93.5 cm³/mol. The van der Waals surface area contributed by atoms with Gasteiger partial charge in [-0.3, -0.25) is 4.79 Å². The molecule has 2 heterocycles. The summed E-state index contributed by atoms with van der Waals surface area (Å²) < 4.78 is 22.8. The maximum absolute atomic E-state index is 12.1. The molecule has 6 nitrogen and oxygen atoms in total. The molecule has 1 amide bonds. The Labute approximate surface area is 145 Å². The van der Waals surface area contributed by atoms with E-state index in [2.05, 4.69) is 15.6 Å². The number of pyridine rings is 1. The van der Waals surface area contributed by atoms with E-state index in [4.69, 9.17) is 11.6 Å². The molecule has 1 aromatic heterocycles. The highest BCUT2D eigenvalue weighted by Gasteiger charge is 2.29. The van der Waals surface area contributed by atoms with Crippen molar-refractivity contribution in [2.45, 2.75) is 12.5 Å². The summed E-state index contributed by atoms with van der Waals surface area (Å²) in [4.78, 5) is 16.2. The molecule has 126 valence electrons. The minimum atomic E-state index is -3.02. The maximum Gasteiger partial charge on any atom is 0.270 e. The van der Waals surface area contributed by atoms with Crippen LogP contribution in [0.4, 0.5) is 11.4 Å². The topological polar surface area (TPSA) is 88.2 Å². The summed E-state index contributed by atoms with van der Waals surface area (Å²) in [6.45, 7) is 0. The van der Waals surface area contributed by atoms with Crippen LogP contribution in [-0.2, 0) is 9.84 Å². The minimum absolute atomic E-state index is 0.00501. The van der Waals surface area contributed by atoms with Gasteiger partial charge in [0.05, 0.1) is 23.4 Å². The molecule has 2 aromatic rings. The van der Waals surface area contributed by atoms with Crippen LogP contribution in [0.15, 0.2) is 42.6 Å². The second kappa shape index (κ2) is 6.78. The van der Waals surface area contributed by atoms with Crippen LogP contribution in [0, 0.1) is 0 Å². The first-order valence-corrected chi connectivity index (χ1v) is 9.61. The van der Waals surface area contributed by atoms with Gasteiger partial charge in [-0.05, 0) is 42.8 Å². The monoisotopic (exact) mass is 365 g/mol. The molecule has 1 aliphatic rings. The molecule has 0 aliphatic carbocycles. The van der Waals surface area contributed by atoms with Gasteiger partial charge in [0.2, 0.25) is 0 Å². The van der Waals surface area contributed by atoms with Crippen molar-refractivity contribution in [1.29, 1.82) is 0 Å². The molecule has 1 fully saturated rings. The fourth-order valence-corrected chi connectivity index (χ4v) is 4.27. The molecule has 1 saturated heterocycles. The summed E-state index contributed by atoms with van der Waals surface area (Å²) in [5.41, 5.74) is 1.84. The van der Waals surface area contributed by atoms with Crippen molar-refractivity contribution in [2.24, 2.45) is 0 Å². The Hall–Kier alpha value is -2.12. The normalized spacial score (nSPS) is 19.0. The number of nitrogens with one attached hydrogen (secondary N) is 2. The van der Waals surface area contributed by atoms with Crippen molar-refractivity contribution in [2.75, 3.05) is 16.8 Å². The molecule has 3 rings (SSSR count). The lowest BCUT2D eigenvalue weighted by Gasteiger charge is -2.11. The van der Waals surface area contributed by atoms with Gasteiger partial charge in [0, 0.05) is 16.8 Å². The standard InChI is InChI=1S/C16H16ClN3O3S/c17-11-1-3-12(4-2-11)19-13-5-6-15(18-9-13)16(21)20-14-7-8-24(22,23)10-14/h1-6,9,14,19H,7-8,10H2,(H,20,21). The lowest BCUT2D eigenvalue weighted by Crippen LogP contribution is -2.36. The Bertz CT molecular complexity index is 836. The molecular formula is C16H16ClN3O3S. The van der Waals surface area contributed by atoms with Crippen molar-refractivity contribution < 1.29 is 13.2 Å². The highest BCUT2D eigenvalue weighted by atomic mass is 35.5. The highest BCUT2D eigenvalue weighted by molar-refractivity contribution is 7.91. The zero-order chi connectivity index (χ0) is 17.2. The molecule has 1 atom stereocenters. The number of aromatic nitrogens is 1. The summed E-state index contributed by atoms with van der Waals surface area (Å²) in [5, 5.41) is 6.51. The number of nitrogens with zero attached hydrogens (tertiary/aromatic N) is 1. The zero-order valence-electron chi connectivity index (χ0n) is 12.7. The van der Waals surface area contributed by atoms with Crippen LogP contribution in [0.25, 0.3) is 0 Å². The first kappa shape index (κ1) is 16.7. The predicted octanol–water partition coefficient (Wildman–Crippen LogP) is 2.40. The van der Waals surface area contributed by atoms with Crippen molar-refractivity contribution in [1.82, 2.24) is 10.3 Å². The second-order valence-electron chi connectivity index (χ2n) is 5.64. The van der Waals surface area contributed by atoms with Crippen molar-refractivity contribution >= 4 is 38.7 Å².